The third-order valence-corrected chi connectivity index (χ3v) is 4.23. The van der Waals surface area contributed by atoms with Gasteiger partial charge in [-0.3, -0.25) is 4.98 Å². The van der Waals surface area contributed by atoms with Crippen molar-refractivity contribution in [1.82, 2.24) is 15.0 Å². The summed E-state index contributed by atoms with van der Waals surface area (Å²) in [5.41, 5.74) is 1.11. The fraction of sp³-hybridized carbons (Fsp3) is 0.444. The van der Waals surface area contributed by atoms with Crippen molar-refractivity contribution in [3.05, 3.63) is 48.2 Å². The smallest absolute Gasteiger partial charge is 0.376 e. The Kier molecular flexibility index (Phi) is 5.36. The predicted octanol–water partition coefficient (Wildman–Crippen LogP) is 2.65. The number of anilines is 1. The number of hydrogen-bond donors (Lipinski definition) is 0. The first-order valence-corrected chi connectivity index (χ1v) is 8.44. The van der Waals surface area contributed by atoms with Crippen molar-refractivity contribution in [1.29, 1.82) is 0 Å². The predicted molar refractivity (Wildman–Crippen MR) is 90.9 cm³/mol. The van der Waals surface area contributed by atoms with Crippen LogP contribution < -0.4 is 4.90 Å². The van der Waals surface area contributed by atoms with E-state index >= 15 is 0 Å². The van der Waals surface area contributed by atoms with Crippen molar-refractivity contribution in [2.45, 2.75) is 38.6 Å². The molecule has 0 spiro atoms. The molecule has 3 rings (SSSR count). The van der Waals surface area contributed by atoms with Crippen molar-refractivity contribution >= 4 is 11.8 Å². The van der Waals surface area contributed by atoms with Crippen LogP contribution in [0.1, 0.15) is 42.5 Å². The van der Waals surface area contributed by atoms with Gasteiger partial charge >= 0.3 is 5.97 Å². The maximum absolute atomic E-state index is 11.8. The van der Waals surface area contributed by atoms with Gasteiger partial charge in [-0.25, -0.2) is 14.8 Å². The maximum Gasteiger partial charge on any atom is 0.376 e. The molecule has 0 aliphatic carbocycles. The van der Waals surface area contributed by atoms with Crippen LogP contribution in [0.15, 0.2) is 36.7 Å². The van der Waals surface area contributed by atoms with E-state index in [0.717, 1.165) is 43.7 Å². The van der Waals surface area contributed by atoms with Crippen LogP contribution in [-0.2, 0) is 11.2 Å². The lowest BCUT2D eigenvalue weighted by atomic mass is 10.1. The summed E-state index contributed by atoms with van der Waals surface area (Å²) in [6.07, 6.45) is 7.69. The molecule has 6 nitrogen and oxygen atoms in total. The van der Waals surface area contributed by atoms with E-state index in [1.54, 1.807) is 13.1 Å². The SMILES string of the molecule is CCOC(=O)c1nccc(N2CCC[C@H]2CCc2ccccn2)n1. The average Bonchev–Trinajstić information content (AvgIpc) is 3.10. The van der Waals surface area contributed by atoms with Crippen molar-refractivity contribution in [2.75, 3.05) is 18.1 Å². The number of esters is 1. The largest absolute Gasteiger partial charge is 0.460 e. The molecule has 24 heavy (non-hydrogen) atoms. The number of pyridine rings is 1. The normalized spacial score (nSPS) is 17.0. The van der Waals surface area contributed by atoms with Gasteiger partial charge in [0.2, 0.25) is 5.82 Å². The van der Waals surface area contributed by atoms with Crippen molar-refractivity contribution in [2.24, 2.45) is 0 Å². The van der Waals surface area contributed by atoms with Gasteiger partial charge in [0.1, 0.15) is 5.82 Å². The molecule has 0 bridgehead atoms. The van der Waals surface area contributed by atoms with Crippen LogP contribution >= 0.6 is 0 Å². The Bertz CT molecular complexity index is 678. The van der Waals surface area contributed by atoms with Crippen LogP contribution in [0.4, 0.5) is 5.82 Å². The van der Waals surface area contributed by atoms with Gasteiger partial charge in [-0.2, -0.15) is 0 Å². The first-order valence-electron chi connectivity index (χ1n) is 8.44. The van der Waals surface area contributed by atoms with E-state index in [2.05, 4.69) is 25.9 Å². The highest BCUT2D eigenvalue weighted by atomic mass is 16.5. The van der Waals surface area contributed by atoms with E-state index in [1.807, 2.05) is 24.4 Å². The molecular formula is C18H22N4O2. The minimum absolute atomic E-state index is 0.129. The summed E-state index contributed by atoms with van der Waals surface area (Å²) in [5.74, 6) is 0.463. The molecule has 0 radical (unpaired) electrons. The number of ether oxygens (including phenoxy) is 1. The van der Waals surface area contributed by atoms with Crippen LogP contribution in [-0.4, -0.2) is 40.1 Å². The molecular weight excluding hydrogens is 304 g/mol. The fourth-order valence-corrected chi connectivity index (χ4v) is 3.10. The first kappa shape index (κ1) is 16.4. The van der Waals surface area contributed by atoms with Gasteiger partial charge in [0.25, 0.3) is 0 Å². The molecule has 126 valence electrons. The maximum atomic E-state index is 11.8. The first-order chi connectivity index (χ1) is 11.8. The van der Waals surface area contributed by atoms with E-state index < -0.39 is 5.97 Å². The molecule has 1 aliphatic heterocycles. The molecule has 0 aromatic carbocycles. The lowest BCUT2D eigenvalue weighted by Crippen LogP contribution is -2.31. The van der Waals surface area contributed by atoms with Crippen molar-refractivity contribution in [3.63, 3.8) is 0 Å². The number of aromatic nitrogens is 3. The van der Waals surface area contributed by atoms with E-state index in [-0.39, 0.29) is 5.82 Å². The zero-order valence-electron chi connectivity index (χ0n) is 13.9. The highest BCUT2D eigenvalue weighted by Crippen LogP contribution is 2.26. The molecule has 0 saturated carbocycles. The Labute approximate surface area is 141 Å². The molecule has 0 N–H and O–H groups in total. The summed E-state index contributed by atoms with van der Waals surface area (Å²) in [4.78, 5) is 26.9. The zero-order valence-corrected chi connectivity index (χ0v) is 13.9. The molecule has 1 aliphatic rings. The second-order valence-corrected chi connectivity index (χ2v) is 5.81. The number of aryl methyl sites for hydroxylation is 1. The Morgan fingerprint density at radius 2 is 2.21 bits per heavy atom. The van der Waals surface area contributed by atoms with Crippen molar-refractivity contribution in [3.8, 4) is 0 Å². The Balaban J connectivity index is 1.68. The Morgan fingerprint density at radius 3 is 3.00 bits per heavy atom. The van der Waals surface area contributed by atoms with E-state index in [0.29, 0.717) is 12.6 Å². The van der Waals surface area contributed by atoms with E-state index in [9.17, 15) is 4.79 Å². The van der Waals surface area contributed by atoms with Gasteiger partial charge in [0.15, 0.2) is 0 Å². The lowest BCUT2D eigenvalue weighted by Gasteiger charge is -2.25. The highest BCUT2D eigenvalue weighted by molar-refractivity contribution is 5.85. The van der Waals surface area contributed by atoms with Gasteiger partial charge in [0, 0.05) is 30.7 Å². The third kappa shape index (κ3) is 3.88. The Hall–Kier alpha value is -2.50. The summed E-state index contributed by atoms with van der Waals surface area (Å²) in [6, 6.07) is 8.29. The number of hydrogen-bond acceptors (Lipinski definition) is 6. The van der Waals surface area contributed by atoms with Crippen LogP contribution in [0.5, 0.6) is 0 Å². The standard InChI is InChI=1S/C18H22N4O2/c1-2-24-18(23)17-20-12-10-16(21-17)22-13-5-7-15(22)9-8-14-6-3-4-11-19-14/h3-4,6,10-12,15H,2,5,7-9,13H2,1H3/t15-/m0/s1. The molecule has 2 aromatic rings. The lowest BCUT2D eigenvalue weighted by molar-refractivity contribution is 0.0512. The fourth-order valence-electron chi connectivity index (χ4n) is 3.10. The zero-order chi connectivity index (χ0) is 16.8. The summed E-state index contributed by atoms with van der Waals surface area (Å²) in [7, 11) is 0. The molecule has 1 atom stereocenters. The number of rotatable bonds is 6. The van der Waals surface area contributed by atoms with Gasteiger partial charge < -0.3 is 9.64 Å². The second kappa shape index (κ2) is 7.86. The highest BCUT2D eigenvalue weighted by Gasteiger charge is 2.26. The molecule has 1 fully saturated rings. The third-order valence-electron chi connectivity index (χ3n) is 4.23. The quantitative estimate of drug-likeness (QED) is 0.760. The summed E-state index contributed by atoms with van der Waals surface area (Å²) < 4.78 is 4.99. The summed E-state index contributed by atoms with van der Waals surface area (Å²) >= 11 is 0. The minimum Gasteiger partial charge on any atom is -0.460 e. The molecule has 0 unspecified atom stereocenters. The average molecular weight is 326 g/mol. The number of nitrogens with zero attached hydrogens (tertiary/aromatic N) is 4. The van der Waals surface area contributed by atoms with E-state index in [4.69, 9.17) is 4.74 Å². The number of carbonyl (C=O) groups excluding carboxylic acids is 1. The topological polar surface area (TPSA) is 68.2 Å². The van der Waals surface area contributed by atoms with Crippen LogP contribution in [0, 0.1) is 0 Å². The van der Waals surface area contributed by atoms with Gasteiger partial charge in [-0.1, -0.05) is 6.07 Å². The number of carbonyl (C=O) groups is 1. The minimum atomic E-state index is -0.469. The van der Waals surface area contributed by atoms with Crippen LogP contribution in [0.25, 0.3) is 0 Å². The van der Waals surface area contributed by atoms with Crippen LogP contribution in [0.3, 0.4) is 0 Å². The molecule has 0 amide bonds. The van der Waals surface area contributed by atoms with Gasteiger partial charge in [-0.05, 0) is 50.8 Å². The summed E-state index contributed by atoms with van der Waals surface area (Å²) in [5, 5.41) is 0. The van der Waals surface area contributed by atoms with Crippen molar-refractivity contribution < 1.29 is 9.53 Å². The van der Waals surface area contributed by atoms with E-state index in [1.165, 1.54) is 0 Å². The second-order valence-electron chi connectivity index (χ2n) is 5.81. The molecule has 2 aromatic heterocycles. The molecule has 3 heterocycles. The van der Waals surface area contributed by atoms with Gasteiger partial charge in [-0.15, -0.1) is 0 Å². The van der Waals surface area contributed by atoms with Gasteiger partial charge in [0.05, 0.1) is 6.61 Å². The molecule has 1 saturated heterocycles. The Morgan fingerprint density at radius 1 is 1.29 bits per heavy atom. The molecule has 6 heteroatoms. The summed E-state index contributed by atoms with van der Waals surface area (Å²) in [6.45, 7) is 3.05. The monoisotopic (exact) mass is 326 g/mol. The van der Waals surface area contributed by atoms with Crippen LogP contribution in [0.2, 0.25) is 0 Å².